The molecule has 0 spiro atoms. The van der Waals surface area contributed by atoms with Gasteiger partial charge in [-0.2, -0.15) is 8.78 Å². The number of carbonyl (C=O) groups is 1. The SMILES string of the molecule is CC1CCC(C(=O)c2ccccc2OC(F)F)CC1C. The Kier molecular flexibility index (Phi) is 4.73. The van der Waals surface area contributed by atoms with Crippen LogP contribution in [0.4, 0.5) is 8.78 Å². The highest BCUT2D eigenvalue weighted by molar-refractivity contribution is 6.00. The van der Waals surface area contributed by atoms with Crippen molar-refractivity contribution in [2.75, 3.05) is 0 Å². The topological polar surface area (TPSA) is 26.3 Å². The van der Waals surface area contributed by atoms with E-state index in [1.165, 1.54) is 6.07 Å². The van der Waals surface area contributed by atoms with Crippen molar-refractivity contribution in [3.8, 4) is 5.75 Å². The fourth-order valence-corrected chi connectivity index (χ4v) is 2.87. The summed E-state index contributed by atoms with van der Waals surface area (Å²) >= 11 is 0. The molecule has 2 nitrogen and oxygen atoms in total. The van der Waals surface area contributed by atoms with E-state index in [4.69, 9.17) is 0 Å². The lowest BCUT2D eigenvalue weighted by Gasteiger charge is -2.31. The standard InChI is InChI=1S/C16H20F2O2/c1-10-7-8-12(9-11(10)2)15(19)13-5-3-4-6-14(13)20-16(17)18/h3-6,10-12,16H,7-9H2,1-2H3. The number of hydrogen-bond donors (Lipinski definition) is 0. The van der Waals surface area contributed by atoms with Crippen LogP contribution in [0, 0.1) is 17.8 Å². The summed E-state index contributed by atoms with van der Waals surface area (Å²) in [5.74, 6) is 0.940. The molecule has 3 unspecified atom stereocenters. The van der Waals surface area contributed by atoms with E-state index in [-0.39, 0.29) is 23.0 Å². The molecular weight excluding hydrogens is 262 g/mol. The number of benzene rings is 1. The van der Waals surface area contributed by atoms with Crippen molar-refractivity contribution in [2.24, 2.45) is 17.8 Å². The van der Waals surface area contributed by atoms with Gasteiger partial charge in [0.25, 0.3) is 0 Å². The van der Waals surface area contributed by atoms with E-state index in [1.54, 1.807) is 18.2 Å². The highest BCUT2D eigenvalue weighted by Crippen LogP contribution is 2.36. The zero-order chi connectivity index (χ0) is 14.7. The molecule has 0 radical (unpaired) electrons. The van der Waals surface area contributed by atoms with Crippen LogP contribution < -0.4 is 4.74 Å². The highest BCUT2D eigenvalue weighted by atomic mass is 19.3. The third-order valence-electron chi connectivity index (χ3n) is 4.34. The van der Waals surface area contributed by atoms with Crippen LogP contribution in [0.2, 0.25) is 0 Å². The van der Waals surface area contributed by atoms with Gasteiger partial charge in [-0.3, -0.25) is 4.79 Å². The number of halogens is 2. The maximum absolute atomic E-state index is 12.5. The molecule has 1 fully saturated rings. The number of ketones is 1. The molecule has 1 aromatic rings. The molecule has 110 valence electrons. The van der Waals surface area contributed by atoms with Crippen molar-refractivity contribution in [3.63, 3.8) is 0 Å². The molecule has 4 heteroatoms. The van der Waals surface area contributed by atoms with Gasteiger partial charge in [-0.25, -0.2) is 0 Å². The van der Waals surface area contributed by atoms with E-state index in [1.807, 2.05) is 0 Å². The van der Waals surface area contributed by atoms with Crippen molar-refractivity contribution in [3.05, 3.63) is 29.8 Å². The number of Topliss-reactive ketones (excluding diaryl/α,β-unsaturated/α-hetero) is 1. The molecule has 0 saturated heterocycles. The molecule has 0 aliphatic heterocycles. The molecule has 0 bridgehead atoms. The highest BCUT2D eigenvalue weighted by Gasteiger charge is 2.31. The van der Waals surface area contributed by atoms with Gasteiger partial charge in [0.05, 0.1) is 5.56 Å². The molecule has 2 rings (SSSR count). The third kappa shape index (κ3) is 3.35. The first kappa shape index (κ1) is 14.9. The first-order chi connectivity index (χ1) is 9.49. The maximum atomic E-state index is 12.5. The van der Waals surface area contributed by atoms with Crippen LogP contribution in [-0.2, 0) is 0 Å². The summed E-state index contributed by atoms with van der Waals surface area (Å²) in [7, 11) is 0. The van der Waals surface area contributed by atoms with Gasteiger partial charge in [0, 0.05) is 5.92 Å². The van der Waals surface area contributed by atoms with Crippen LogP contribution in [0.5, 0.6) is 5.75 Å². The Balaban J connectivity index is 2.17. The van der Waals surface area contributed by atoms with Crippen LogP contribution in [0.15, 0.2) is 24.3 Å². The summed E-state index contributed by atoms with van der Waals surface area (Å²) in [6, 6.07) is 6.28. The average molecular weight is 282 g/mol. The van der Waals surface area contributed by atoms with Crippen LogP contribution in [-0.4, -0.2) is 12.4 Å². The van der Waals surface area contributed by atoms with Gasteiger partial charge in [0.1, 0.15) is 5.75 Å². The maximum Gasteiger partial charge on any atom is 0.387 e. The van der Waals surface area contributed by atoms with Crippen molar-refractivity contribution in [1.29, 1.82) is 0 Å². The van der Waals surface area contributed by atoms with Crippen LogP contribution in [0.1, 0.15) is 43.5 Å². The molecule has 0 heterocycles. The molecular formula is C16H20F2O2. The Labute approximate surface area is 118 Å². The van der Waals surface area contributed by atoms with E-state index in [2.05, 4.69) is 18.6 Å². The first-order valence-corrected chi connectivity index (χ1v) is 7.07. The normalized spacial score (nSPS) is 26.6. The first-order valence-electron chi connectivity index (χ1n) is 7.07. The Bertz CT molecular complexity index is 473. The van der Waals surface area contributed by atoms with E-state index in [0.717, 1.165) is 19.3 Å². The summed E-state index contributed by atoms with van der Waals surface area (Å²) in [6.07, 6.45) is 2.66. The monoisotopic (exact) mass is 282 g/mol. The number of para-hydroxylation sites is 1. The van der Waals surface area contributed by atoms with E-state index in [9.17, 15) is 13.6 Å². The average Bonchev–Trinajstić information content (AvgIpc) is 2.41. The van der Waals surface area contributed by atoms with Crippen molar-refractivity contribution < 1.29 is 18.3 Å². The zero-order valence-corrected chi connectivity index (χ0v) is 11.8. The Hall–Kier alpha value is -1.45. The van der Waals surface area contributed by atoms with E-state index < -0.39 is 6.61 Å². The second kappa shape index (κ2) is 6.33. The molecule has 1 saturated carbocycles. The van der Waals surface area contributed by atoms with Crippen molar-refractivity contribution >= 4 is 5.78 Å². The van der Waals surface area contributed by atoms with E-state index in [0.29, 0.717) is 11.8 Å². The quantitative estimate of drug-likeness (QED) is 0.758. The van der Waals surface area contributed by atoms with Crippen LogP contribution in [0.25, 0.3) is 0 Å². The van der Waals surface area contributed by atoms with Crippen molar-refractivity contribution in [1.82, 2.24) is 0 Å². The fraction of sp³-hybridized carbons (Fsp3) is 0.562. The molecule has 20 heavy (non-hydrogen) atoms. The third-order valence-corrected chi connectivity index (χ3v) is 4.34. The summed E-state index contributed by atoms with van der Waals surface area (Å²) < 4.78 is 29.2. The summed E-state index contributed by atoms with van der Waals surface area (Å²) in [5, 5.41) is 0. The minimum Gasteiger partial charge on any atom is -0.434 e. The number of hydrogen-bond acceptors (Lipinski definition) is 2. The molecule has 0 aromatic heterocycles. The summed E-state index contributed by atoms with van der Waals surface area (Å²) in [5.41, 5.74) is 0.277. The van der Waals surface area contributed by atoms with Gasteiger partial charge in [-0.1, -0.05) is 26.0 Å². The van der Waals surface area contributed by atoms with Gasteiger partial charge < -0.3 is 4.74 Å². The molecule has 3 atom stereocenters. The van der Waals surface area contributed by atoms with Gasteiger partial charge in [-0.05, 0) is 43.2 Å². The van der Waals surface area contributed by atoms with Gasteiger partial charge in [0.2, 0.25) is 0 Å². The lowest BCUT2D eigenvalue weighted by Crippen LogP contribution is -2.27. The van der Waals surface area contributed by atoms with Gasteiger partial charge in [-0.15, -0.1) is 0 Å². The molecule has 1 aliphatic carbocycles. The fourth-order valence-electron chi connectivity index (χ4n) is 2.87. The molecule has 0 amide bonds. The van der Waals surface area contributed by atoms with Crippen LogP contribution >= 0.6 is 0 Å². The number of rotatable bonds is 4. The minimum absolute atomic E-state index is 0.0150. The lowest BCUT2D eigenvalue weighted by molar-refractivity contribution is -0.0502. The molecule has 1 aromatic carbocycles. The van der Waals surface area contributed by atoms with Gasteiger partial charge in [0.15, 0.2) is 5.78 Å². The molecule has 1 aliphatic rings. The van der Waals surface area contributed by atoms with E-state index >= 15 is 0 Å². The lowest BCUT2D eigenvalue weighted by atomic mass is 9.73. The number of carbonyl (C=O) groups excluding carboxylic acids is 1. The Morgan fingerprint density at radius 1 is 1.20 bits per heavy atom. The Morgan fingerprint density at radius 2 is 1.90 bits per heavy atom. The second-order valence-electron chi connectivity index (χ2n) is 5.70. The second-order valence-corrected chi connectivity index (χ2v) is 5.70. The predicted octanol–water partition coefficient (Wildman–Crippen LogP) is 4.54. The van der Waals surface area contributed by atoms with Crippen LogP contribution in [0.3, 0.4) is 0 Å². The van der Waals surface area contributed by atoms with Crippen molar-refractivity contribution in [2.45, 2.75) is 39.7 Å². The predicted molar refractivity (Wildman–Crippen MR) is 73.1 cm³/mol. The van der Waals surface area contributed by atoms with Gasteiger partial charge >= 0.3 is 6.61 Å². The summed E-state index contributed by atoms with van der Waals surface area (Å²) in [6.45, 7) is 1.43. The zero-order valence-electron chi connectivity index (χ0n) is 11.8. The Morgan fingerprint density at radius 3 is 2.55 bits per heavy atom. The largest absolute Gasteiger partial charge is 0.434 e. The minimum atomic E-state index is -2.91. The number of alkyl halides is 2. The summed E-state index contributed by atoms with van der Waals surface area (Å²) in [4.78, 5) is 12.5. The smallest absolute Gasteiger partial charge is 0.387 e. The number of ether oxygens (including phenoxy) is 1. The molecule has 0 N–H and O–H groups in total.